The van der Waals surface area contributed by atoms with Crippen LogP contribution in [0.5, 0.6) is 0 Å². The molecule has 0 aromatic carbocycles. The molecule has 0 unspecified atom stereocenters. The van der Waals surface area contributed by atoms with Crippen molar-refractivity contribution < 1.29 is 14.3 Å². The van der Waals surface area contributed by atoms with Gasteiger partial charge in [-0.25, -0.2) is 0 Å². The van der Waals surface area contributed by atoms with Crippen molar-refractivity contribution in [3.05, 3.63) is 22.6 Å². The largest absolute Gasteiger partial charge is 0.481 e. The van der Waals surface area contributed by atoms with E-state index >= 15 is 0 Å². The molecular formula is C9H12BrNO3. The van der Waals surface area contributed by atoms with Gasteiger partial charge in [0, 0.05) is 6.54 Å². The zero-order chi connectivity index (χ0) is 10.6. The minimum Gasteiger partial charge on any atom is -0.481 e. The number of rotatable bonds is 5. The highest BCUT2D eigenvalue weighted by Gasteiger charge is 2.08. The van der Waals surface area contributed by atoms with Crippen molar-refractivity contribution in [2.75, 3.05) is 13.6 Å². The van der Waals surface area contributed by atoms with Crippen molar-refractivity contribution in [1.82, 2.24) is 4.90 Å². The monoisotopic (exact) mass is 261 g/mol. The predicted molar refractivity (Wildman–Crippen MR) is 55.0 cm³/mol. The van der Waals surface area contributed by atoms with Crippen LogP contribution in [0.2, 0.25) is 0 Å². The van der Waals surface area contributed by atoms with Gasteiger partial charge in [-0.3, -0.25) is 9.69 Å². The van der Waals surface area contributed by atoms with Gasteiger partial charge in [-0.1, -0.05) is 0 Å². The van der Waals surface area contributed by atoms with Crippen LogP contribution in [0.15, 0.2) is 21.2 Å². The molecule has 0 amide bonds. The average molecular weight is 262 g/mol. The van der Waals surface area contributed by atoms with Crippen molar-refractivity contribution in [2.24, 2.45) is 0 Å². The Hall–Kier alpha value is -0.810. The number of aliphatic carboxylic acids is 1. The Morgan fingerprint density at radius 2 is 2.43 bits per heavy atom. The topological polar surface area (TPSA) is 53.7 Å². The molecule has 1 aromatic heterocycles. The van der Waals surface area contributed by atoms with Crippen molar-refractivity contribution in [3.8, 4) is 0 Å². The summed E-state index contributed by atoms with van der Waals surface area (Å²) in [6, 6.07) is 1.82. The van der Waals surface area contributed by atoms with Crippen LogP contribution in [0.25, 0.3) is 0 Å². The minimum atomic E-state index is -0.782. The molecule has 0 radical (unpaired) electrons. The maximum Gasteiger partial charge on any atom is 0.304 e. The maximum atomic E-state index is 10.3. The molecule has 0 bridgehead atoms. The second kappa shape index (κ2) is 5.17. The van der Waals surface area contributed by atoms with E-state index in [1.807, 2.05) is 18.0 Å². The summed E-state index contributed by atoms with van der Waals surface area (Å²) in [7, 11) is 1.86. The van der Waals surface area contributed by atoms with Gasteiger partial charge in [0.25, 0.3) is 0 Å². The predicted octanol–water partition coefficient (Wildman–Crippen LogP) is 1.95. The highest BCUT2D eigenvalue weighted by molar-refractivity contribution is 9.10. The summed E-state index contributed by atoms with van der Waals surface area (Å²) < 4.78 is 6.12. The smallest absolute Gasteiger partial charge is 0.304 e. The first-order valence-electron chi connectivity index (χ1n) is 4.22. The molecule has 0 saturated heterocycles. The number of hydrogen-bond donors (Lipinski definition) is 1. The second-order valence-corrected chi connectivity index (χ2v) is 3.93. The highest BCUT2D eigenvalue weighted by atomic mass is 79.9. The quantitative estimate of drug-likeness (QED) is 0.881. The fraction of sp³-hybridized carbons (Fsp3) is 0.444. The minimum absolute atomic E-state index is 0.148. The van der Waals surface area contributed by atoms with Gasteiger partial charge in [0.05, 0.1) is 23.7 Å². The Balaban J connectivity index is 2.37. The van der Waals surface area contributed by atoms with E-state index in [9.17, 15) is 4.79 Å². The average Bonchev–Trinajstić information content (AvgIpc) is 2.49. The van der Waals surface area contributed by atoms with E-state index in [1.54, 1.807) is 6.26 Å². The molecule has 0 atom stereocenters. The molecule has 1 rings (SSSR count). The molecule has 1 heterocycles. The molecule has 1 aromatic rings. The molecule has 1 N–H and O–H groups in total. The number of carbonyl (C=O) groups is 1. The Morgan fingerprint density at radius 3 is 2.93 bits per heavy atom. The number of carboxylic acids is 1. The summed E-state index contributed by atoms with van der Waals surface area (Å²) in [6.07, 6.45) is 1.75. The first-order valence-corrected chi connectivity index (χ1v) is 5.01. The lowest BCUT2D eigenvalue weighted by Crippen LogP contribution is -2.21. The van der Waals surface area contributed by atoms with E-state index in [0.717, 1.165) is 10.2 Å². The van der Waals surface area contributed by atoms with Gasteiger partial charge < -0.3 is 9.52 Å². The van der Waals surface area contributed by atoms with Crippen LogP contribution in [0.3, 0.4) is 0 Å². The maximum absolute atomic E-state index is 10.3. The Morgan fingerprint density at radius 1 is 1.71 bits per heavy atom. The van der Waals surface area contributed by atoms with Crippen LogP contribution in [0, 0.1) is 0 Å². The second-order valence-electron chi connectivity index (χ2n) is 3.07. The third-order valence-electron chi connectivity index (χ3n) is 1.81. The van der Waals surface area contributed by atoms with Crippen molar-refractivity contribution in [1.29, 1.82) is 0 Å². The summed E-state index contributed by atoms with van der Waals surface area (Å²) in [4.78, 5) is 12.2. The molecule has 0 fully saturated rings. The summed E-state index contributed by atoms with van der Waals surface area (Å²) in [6.45, 7) is 1.13. The number of nitrogens with zero attached hydrogens (tertiary/aromatic N) is 1. The molecule has 0 aliphatic heterocycles. The van der Waals surface area contributed by atoms with Gasteiger partial charge in [0.15, 0.2) is 0 Å². The third-order valence-corrected chi connectivity index (χ3v) is 2.52. The summed E-state index contributed by atoms with van der Waals surface area (Å²) in [5.74, 6) is 0.0354. The van der Waals surface area contributed by atoms with E-state index in [-0.39, 0.29) is 6.42 Å². The fourth-order valence-electron chi connectivity index (χ4n) is 1.05. The Kier molecular flexibility index (Phi) is 4.16. The van der Waals surface area contributed by atoms with Crippen molar-refractivity contribution in [3.63, 3.8) is 0 Å². The van der Waals surface area contributed by atoms with E-state index < -0.39 is 5.97 Å². The van der Waals surface area contributed by atoms with Gasteiger partial charge in [0.1, 0.15) is 5.76 Å². The van der Waals surface area contributed by atoms with Crippen LogP contribution in [0.4, 0.5) is 0 Å². The molecular weight excluding hydrogens is 250 g/mol. The van der Waals surface area contributed by atoms with E-state index in [0.29, 0.717) is 13.1 Å². The Labute approximate surface area is 90.6 Å². The lowest BCUT2D eigenvalue weighted by molar-refractivity contribution is -0.137. The van der Waals surface area contributed by atoms with Crippen LogP contribution in [-0.2, 0) is 11.3 Å². The number of furan rings is 1. The van der Waals surface area contributed by atoms with E-state index in [2.05, 4.69) is 15.9 Å². The van der Waals surface area contributed by atoms with Crippen LogP contribution < -0.4 is 0 Å². The zero-order valence-corrected chi connectivity index (χ0v) is 9.45. The molecule has 78 valence electrons. The molecule has 5 heteroatoms. The van der Waals surface area contributed by atoms with E-state index in [1.165, 1.54) is 0 Å². The zero-order valence-electron chi connectivity index (χ0n) is 7.86. The number of hydrogen-bond acceptors (Lipinski definition) is 3. The van der Waals surface area contributed by atoms with Crippen molar-refractivity contribution in [2.45, 2.75) is 13.0 Å². The SMILES string of the molecule is CN(CCC(=O)O)Cc1occc1Br. The van der Waals surface area contributed by atoms with Crippen LogP contribution in [0.1, 0.15) is 12.2 Å². The standard InChI is InChI=1S/C9H12BrNO3/c1-11(4-2-9(12)13)6-8-7(10)3-5-14-8/h3,5H,2,4,6H2,1H3,(H,12,13). The molecule has 0 aliphatic rings. The third kappa shape index (κ3) is 3.51. The molecule has 0 saturated carbocycles. The Bertz CT molecular complexity index is 311. The molecule has 14 heavy (non-hydrogen) atoms. The lowest BCUT2D eigenvalue weighted by Gasteiger charge is -2.13. The first kappa shape index (κ1) is 11.3. The highest BCUT2D eigenvalue weighted by Crippen LogP contribution is 2.18. The molecule has 0 spiro atoms. The summed E-state index contributed by atoms with van der Waals surface area (Å²) in [5, 5.41) is 8.48. The normalized spacial score (nSPS) is 10.8. The van der Waals surface area contributed by atoms with Gasteiger partial charge in [-0.05, 0) is 29.0 Å². The first-order chi connectivity index (χ1) is 6.59. The number of halogens is 1. The fourth-order valence-corrected chi connectivity index (χ4v) is 1.38. The van der Waals surface area contributed by atoms with Gasteiger partial charge in [-0.15, -0.1) is 0 Å². The van der Waals surface area contributed by atoms with Crippen LogP contribution >= 0.6 is 15.9 Å². The summed E-state index contributed by atoms with van der Waals surface area (Å²) >= 11 is 3.34. The molecule has 0 aliphatic carbocycles. The van der Waals surface area contributed by atoms with Gasteiger partial charge in [-0.2, -0.15) is 0 Å². The molecule has 4 nitrogen and oxygen atoms in total. The van der Waals surface area contributed by atoms with Crippen LogP contribution in [-0.4, -0.2) is 29.6 Å². The van der Waals surface area contributed by atoms with Gasteiger partial charge in [0.2, 0.25) is 0 Å². The van der Waals surface area contributed by atoms with Crippen molar-refractivity contribution >= 4 is 21.9 Å². The van der Waals surface area contributed by atoms with Gasteiger partial charge >= 0.3 is 5.97 Å². The summed E-state index contributed by atoms with van der Waals surface area (Å²) in [5.41, 5.74) is 0. The lowest BCUT2D eigenvalue weighted by atomic mass is 10.3. The van der Waals surface area contributed by atoms with E-state index in [4.69, 9.17) is 9.52 Å². The number of carboxylic acid groups (broad SMARTS) is 1.